The third-order valence-electron chi connectivity index (χ3n) is 5.59. The van der Waals surface area contributed by atoms with E-state index in [0.29, 0.717) is 0 Å². The lowest BCUT2D eigenvalue weighted by molar-refractivity contribution is -0.119. The summed E-state index contributed by atoms with van der Waals surface area (Å²) in [6, 6.07) is 14.6. The third kappa shape index (κ3) is 4.17. The fraction of sp³-hybridized carbons (Fsp3) is 0.364. The number of carboxylic acids is 1. The molecule has 3 N–H and O–H groups in total. The van der Waals surface area contributed by atoms with Gasteiger partial charge in [0.05, 0.1) is 11.5 Å². The highest BCUT2D eigenvalue weighted by Crippen LogP contribution is 2.38. The standard InChI is InChI=1S/C22H27N3O3/c1-15(20(21(23)26)16-7-9-17(10-8-16)22(27)28)18-5-3-4-6-19(18)25-13-11-24(2)12-14-25/h3-10,15,20H,11-14H2,1-2H3,(H2,23,26)(H,27,28). The summed E-state index contributed by atoms with van der Waals surface area (Å²) in [6.07, 6.45) is 0. The highest BCUT2D eigenvalue weighted by atomic mass is 16.4. The molecule has 6 heteroatoms. The number of hydrogen-bond donors (Lipinski definition) is 2. The topological polar surface area (TPSA) is 86.9 Å². The summed E-state index contributed by atoms with van der Waals surface area (Å²) in [5.41, 5.74) is 8.92. The first-order chi connectivity index (χ1) is 13.4. The van der Waals surface area contributed by atoms with E-state index in [4.69, 9.17) is 10.8 Å². The molecule has 1 saturated heterocycles. The van der Waals surface area contributed by atoms with Crippen LogP contribution in [0.1, 0.15) is 40.2 Å². The van der Waals surface area contributed by atoms with Crippen LogP contribution in [0.3, 0.4) is 0 Å². The lowest BCUT2D eigenvalue weighted by Crippen LogP contribution is -2.45. The van der Waals surface area contributed by atoms with Gasteiger partial charge in [-0.3, -0.25) is 4.79 Å². The molecule has 0 bridgehead atoms. The zero-order valence-electron chi connectivity index (χ0n) is 16.3. The molecular formula is C22H27N3O3. The Kier molecular flexibility index (Phi) is 5.99. The van der Waals surface area contributed by atoms with Crippen LogP contribution in [0.4, 0.5) is 5.69 Å². The van der Waals surface area contributed by atoms with Crippen molar-refractivity contribution in [3.8, 4) is 0 Å². The second-order valence-corrected chi connectivity index (χ2v) is 7.45. The number of carboxylic acid groups (broad SMARTS) is 1. The molecule has 3 rings (SSSR count). The lowest BCUT2D eigenvalue weighted by Gasteiger charge is -2.36. The van der Waals surface area contributed by atoms with Gasteiger partial charge in [-0.25, -0.2) is 4.79 Å². The van der Waals surface area contributed by atoms with Crippen LogP contribution in [0, 0.1) is 0 Å². The third-order valence-corrected chi connectivity index (χ3v) is 5.59. The van der Waals surface area contributed by atoms with Crippen LogP contribution in [-0.4, -0.2) is 55.1 Å². The predicted molar refractivity (Wildman–Crippen MR) is 110 cm³/mol. The van der Waals surface area contributed by atoms with Gasteiger partial charge in [0.2, 0.25) is 5.91 Å². The number of rotatable bonds is 6. The maximum Gasteiger partial charge on any atom is 0.335 e. The Morgan fingerprint density at radius 3 is 2.18 bits per heavy atom. The van der Waals surface area contributed by atoms with Crippen molar-refractivity contribution in [2.24, 2.45) is 5.73 Å². The molecule has 1 amide bonds. The molecule has 148 valence electrons. The van der Waals surface area contributed by atoms with Crippen molar-refractivity contribution in [3.63, 3.8) is 0 Å². The number of hydrogen-bond acceptors (Lipinski definition) is 4. The fourth-order valence-electron chi connectivity index (χ4n) is 3.92. The van der Waals surface area contributed by atoms with Gasteiger partial charge < -0.3 is 20.6 Å². The molecule has 2 aromatic rings. The highest BCUT2D eigenvalue weighted by Gasteiger charge is 2.29. The van der Waals surface area contributed by atoms with E-state index in [1.165, 1.54) is 12.1 Å². The van der Waals surface area contributed by atoms with E-state index in [0.717, 1.165) is 43.0 Å². The second-order valence-electron chi connectivity index (χ2n) is 7.45. The van der Waals surface area contributed by atoms with Crippen LogP contribution >= 0.6 is 0 Å². The van der Waals surface area contributed by atoms with Crippen LogP contribution in [0.2, 0.25) is 0 Å². The maximum absolute atomic E-state index is 12.3. The second kappa shape index (κ2) is 8.44. The molecule has 2 unspecified atom stereocenters. The molecule has 1 aliphatic heterocycles. The van der Waals surface area contributed by atoms with Crippen LogP contribution < -0.4 is 10.6 Å². The summed E-state index contributed by atoms with van der Waals surface area (Å²) in [7, 11) is 2.12. The van der Waals surface area contributed by atoms with E-state index in [2.05, 4.69) is 29.0 Å². The Balaban J connectivity index is 1.93. The number of anilines is 1. The minimum Gasteiger partial charge on any atom is -0.478 e. The Bertz CT molecular complexity index is 842. The number of amides is 1. The van der Waals surface area contributed by atoms with Crippen LogP contribution in [0.15, 0.2) is 48.5 Å². The van der Waals surface area contributed by atoms with Crippen molar-refractivity contribution in [2.75, 3.05) is 38.1 Å². The number of benzene rings is 2. The van der Waals surface area contributed by atoms with Gasteiger partial charge in [-0.05, 0) is 42.3 Å². The molecule has 0 aliphatic carbocycles. The summed E-state index contributed by atoms with van der Waals surface area (Å²) in [6.45, 7) is 5.89. The summed E-state index contributed by atoms with van der Waals surface area (Å²) < 4.78 is 0. The van der Waals surface area contributed by atoms with E-state index in [1.54, 1.807) is 12.1 Å². The zero-order valence-corrected chi connectivity index (χ0v) is 16.3. The number of aromatic carboxylic acids is 1. The van der Waals surface area contributed by atoms with Crippen LogP contribution in [-0.2, 0) is 4.79 Å². The molecule has 0 aromatic heterocycles. The number of primary amides is 1. The van der Waals surface area contributed by atoms with Crippen LogP contribution in [0.5, 0.6) is 0 Å². The molecule has 0 radical (unpaired) electrons. The molecule has 2 aromatic carbocycles. The SMILES string of the molecule is CC(c1ccccc1N1CCN(C)CC1)C(C(N)=O)c1ccc(C(=O)O)cc1. The van der Waals surface area contributed by atoms with Gasteiger partial charge in [-0.1, -0.05) is 37.3 Å². The van der Waals surface area contributed by atoms with Gasteiger partial charge in [0.1, 0.15) is 0 Å². The molecule has 6 nitrogen and oxygen atoms in total. The number of piperazine rings is 1. The number of nitrogens with zero attached hydrogens (tertiary/aromatic N) is 2. The molecule has 0 saturated carbocycles. The molecule has 2 atom stereocenters. The molecule has 1 heterocycles. The zero-order chi connectivity index (χ0) is 20.3. The van der Waals surface area contributed by atoms with E-state index in [9.17, 15) is 9.59 Å². The number of carbonyl (C=O) groups excluding carboxylic acids is 1. The van der Waals surface area contributed by atoms with E-state index in [1.807, 2.05) is 19.1 Å². The quantitative estimate of drug-likeness (QED) is 0.803. The summed E-state index contributed by atoms with van der Waals surface area (Å²) in [5, 5.41) is 9.11. The molecule has 0 spiro atoms. The first-order valence-corrected chi connectivity index (χ1v) is 9.53. The maximum atomic E-state index is 12.3. The van der Waals surface area contributed by atoms with Gasteiger partial charge in [0.25, 0.3) is 0 Å². The van der Waals surface area contributed by atoms with Gasteiger partial charge in [-0.2, -0.15) is 0 Å². The van der Waals surface area contributed by atoms with Crippen LogP contribution in [0.25, 0.3) is 0 Å². The molecule has 1 aliphatic rings. The first-order valence-electron chi connectivity index (χ1n) is 9.53. The smallest absolute Gasteiger partial charge is 0.335 e. The van der Waals surface area contributed by atoms with E-state index < -0.39 is 17.8 Å². The number of nitrogens with two attached hydrogens (primary N) is 1. The minimum atomic E-state index is -0.990. The average molecular weight is 381 g/mol. The summed E-state index contributed by atoms with van der Waals surface area (Å²) in [5.74, 6) is -2.07. The number of para-hydroxylation sites is 1. The predicted octanol–water partition coefficient (Wildman–Crippen LogP) is 2.51. The normalized spacial score (nSPS) is 17.1. The minimum absolute atomic E-state index is 0.135. The number of likely N-dealkylation sites (N-methyl/N-ethyl adjacent to an activating group) is 1. The Labute approximate surface area is 165 Å². The van der Waals surface area contributed by atoms with Crippen molar-refractivity contribution in [3.05, 3.63) is 65.2 Å². The monoisotopic (exact) mass is 381 g/mol. The molecule has 1 fully saturated rings. The number of carbonyl (C=O) groups is 2. The Morgan fingerprint density at radius 1 is 1.00 bits per heavy atom. The van der Waals surface area contributed by atoms with Crippen molar-refractivity contribution in [1.82, 2.24) is 4.90 Å². The van der Waals surface area contributed by atoms with E-state index in [-0.39, 0.29) is 11.5 Å². The fourth-order valence-corrected chi connectivity index (χ4v) is 3.92. The van der Waals surface area contributed by atoms with Crippen molar-refractivity contribution in [2.45, 2.75) is 18.8 Å². The van der Waals surface area contributed by atoms with Gasteiger partial charge in [-0.15, -0.1) is 0 Å². The van der Waals surface area contributed by atoms with Gasteiger partial charge in [0.15, 0.2) is 0 Å². The van der Waals surface area contributed by atoms with Crippen molar-refractivity contribution < 1.29 is 14.7 Å². The lowest BCUT2D eigenvalue weighted by atomic mass is 9.81. The Hall–Kier alpha value is -2.86. The largest absolute Gasteiger partial charge is 0.478 e. The average Bonchev–Trinajstić information content (AvgIpc) is 2.69. The summed E-state index contributed by atoms with van der Waals surface area (Å²) >= 11 is 0. The molecule has 28 heavy (non-hydrogen) atoms. The van der Waals surface area contributed by atoms with Crippen molar-refractivity contribution in [1.29, 1.82) is 0 Å². The van der Waals surface area contributed by atoms with Gasteiger partial charge >= 0.3 is 5.97 Å². The first kappa shape index (κ1) is 19.9. The van der Waals surface area contributed by atoms with Crippen molar-refractivity contribution >= 4 is 17.6 Å². The molecular weight excluding hydrogens is 354 g/mol. The summed E-state index contributed by atoms with van der Waals surface area (Å²) in [4.78, 5) is 28.1. The highest BCUT2D eigenvalue weighted by molar-refractivity contribution is 5.88. The Morgan fingerprint density at radius 2 is 1.61 bits per heavy atom. The van der Waals surface area contributed by atoms with Gasteiger partial charge in [0, 0.05) is 31.9 Å². The van der Waals surface area contributed by atoms with E-state index >= 15 is 0 Å².